The maximum absolute atomic E-state index is 12.1. The van der Waals surface area contributed by atoms with Gasteiger partial charge >= 0.3 is 0 Å². The van der Waals surface area contributed by atoms with Gasteiger partial charge in [-0.25, -0.2) is 13.1 Å². The zero-order valence-electron chi connectivity index (χ0n) is 10.8. The third kappa shape index (κ3) is 3.77. The van der Waals surface area contributed by atoms with Gasteiger partial charge < -0.3 is 4.90 Å². The predicted octanol–water partition coefficient (Wildman–Crippen LogP) is 0.0125. The molecule has 8 heteroatoms. The molecular weight excluding hydrogens is 268 g/mol. The summed E-state index contributed by atoms with van der Waals surface area (Å²) in [6.45, 7) is 0.456. The molecular formula is C11H18N4O3S. The second kappa shape index (κ2) is 5.70. The number of piperidine rings is 1. The summed E-state index contributed by atoms with van der Waals surface area (Å²) < 4.78 is 24.3. The maximum Gasteiger partial charge on any atom is 0.238 e. The van der Waals surface area contributed by atoms with Crippen molar-refractivity contribution in [2.75, 3.05) is 19.3 Å². The number of likely N-dealkylation sites (tertiary alicyclic amines) is 1. The van der Waals surface area contributed by atoms with Gasteiger partial charge in [-0.3, -0.25) is 9.89 Å². The summed E-state index contributed by atoms with van der Waals surface area (Å²) in [5, 5.41) is 6.78. The molecule has 0 aliphatic carbocycles. The molecule has 1 fully saturated rings. The smallest absolute Gasteiger partial charge is 0.238 e. The van der Waals surface area contributed by atoms with E-state index in [9.17, 15) is 13.2 Å². The maximum atomic E-state index is 12.1. The topological polar surface area (TPSA) is 95.2 Å². The minimum atomic E-state index is -3.35. The Morgan fingerprint density at radius 1 is 1.58 bits per heavy atom. The minimum Gasteiger partial charge on any atom is -0.333 e. The summed E-state index contributed by atoms with van der Waals surface area (Å²) in [7, 11) is -3.35. The van der Waals surface area contributed by atoms with Gasteiger partial charge in [0.05, 0.1) is 24.5 Å². The van der Waals surface area contributed by atoms with Gasteiger partial charge in [-0.1, -0.05) is 0 Å². The van der Waals surface area contributed by atoms with E-state index in [1.165, 1.54) is 0 Å². The van der Waals surface area contributed by atoms with Crippen molar-refractivity contribution in [2.24, 2.45) is 0 Å². The summed E-state index contributed by atoms with van der Waals surface area (Å²) in [5.41, 5.74) is 0.896. The number of nitrogens with one attached hydrogen (secondary N) is 2. The molecule has 1 aliphatic rings. The van der Waals surface area contributed by atoms with Crippen molar-refractivity contribution in [3.63, 3.8) is 0 Å². The van der Waals surface area contributed by atoms with Gasteiger partial charge in [0.1, 0.15) is 0 Å². The molecule has 2 rings (SSSR count). The monoisotopic (exact) mass is 286 g/mol. The standard InChI is InChI=1S/C11H18N4O3S/c1-19(17,18)13-8-11(16)15-7-3-2-4-10(15)9-5-6-12-14-9/h5-6,10,13H,2-4,7-8H2,1H3,(H,12,14). The van der Waals surface area contributed by atoms with Crippen LogP contribution in [0.1, 0.15) is 31.0 Å². The first-order valence-electron chi connectivity index (χ1n) is 6.21. The molecule has 2 heterocycles. The Kier molecular flexibility index (Phi) is 4.20. The lowest BCUT2D eigenvalue weighted by Crippen LogP contribution is -2.44. The van der Waals surface area contributed by atoms with Crippen molar-refractivity contribution in [3.8, 4) is 0 Å². The highest BCUT2D eigenvalue weighted by atomic mass is 32.2. The number of amides is 1. The normalized spacial score (nSPS) is 20.5. The number of sulfonamides is 1. The molecule has 2 N–H and O–H groups in total. The first kappa shape index (κ1) is 14.0. The Bertz CT molecular complexity index is 526. The number of aromatic nitrogens is 2. The third-order valence-corrected chi connectivity index (χ3v) is 3.86. The van der Waals surface area contributed by atoms with Gasteiger partial charge in [0.15, 0.2) is 0 Å². The molecule has 1 aromatic rings. The van der Waals surface area contributed by atoms with Crippen molar-refractivity contribution >= 4 is 15.9 Å². The van der Waals surface area contributed by atoms with Crippen LogP contribution >= 0.6 is 0 Å². The van der Waals surface area contributed by atoms with Crippen LogP contribution in [0.3, 0.4) is 0 Å². The molecule has 7 nitrogen and oxygen atoms in total. The average molecular weight is 286 g/mol. The zero-order valence-corrected chi connectivity index (χ0v) is 11.6. The highest BCUT2D eigenvalue weighted by molar-refractivity contribution is 7.88. The Labute approximate surface area is 112 Å². The van der Waals surface area contributed by atoms with Gasteiger partial charge in [-0.15, -0.1) is 0 Å². The molecule has 0 aromatic carbocycles. The van der Waals surface area contributed by atoms with Crippen LogP contribution in [0.25, 0.3) is 0 Å². The van der Waals surface area contributed by atoms with E-state index >= 15 is 0 Å². The first-order valence-corrected chi connectivity index (χ1v) is 8.10. The number of aromatic amines is 1. The largest absolute Gasteiger partial charge is 0.333 e. The quantitative estimate of drug-likeness (QED) is 0.815. The zero-order chi connectivity index (χ0) is 13.9. The third-order valence-electron chi connectivity index (χ3n) is 3.19. The van der Waals surface area contributed by atoms with E-state index in [4.69, 9.17) is 0 Å². The molecule has 106 valence electrons. The number of rotatable bonds is 4. The van der Waals surface area contributed by atoms with Crippen molar-refractivity contribution < 1.29 is 13.2 Å². The van der Waals surface area contributed by atoms with Gasteiger partial charge in [-0.2, -0.15) is 5.10 Å². The van der Waals surface area contributed by atoms with Crippen LogP contribution in [0, 0.1) is 0 Å². The Balaban J connectivity index is 2.05. The predicted molar refractivity (Wildman–Crippen MR) is 69.7 cm³/mol. The number of hydrogen-bond acceptors (Lipinski definition) is 4. The van der Waals surface area contributed by atoms with Crippen molar-refractivity contribution in [1.29, 1.82) is 0 Å². The second-order valence-corrected chi connectivity index (χ2v) is 6.54. The number of carbonyl (C=O) groups excluding carboxylic acids is 1. The van der Waals surface area contributed by atoms with Gasteiger partial charge in [0, 0.05) is 12.7 Å². The number of nitrogens with zero attached hydrogens (tertiary/aromatic N) is 2. The van der Waals surface area contributed by atoms with Crippen LogP contribution in [0.5, 0.6) is 0 Å². The molecule has 0 saturated carbocycles. The fourth-order valence-corrected chi connectivity index (χ4v) is 2.69. The van der Waals surface area contributed by atoms with Crippen LogP contribution in [-0.4, -0.2) is 48.8 Å². The van der Waals surface area contributed by atoms with Crippen LogP contribution < -0.4 is 4.72 Å². The van der Waals surface area contributed by atoms with Crippen LogP contribution in [0.2, 0.25) is 0 Å². The molecule has 1 aliphatic heterocycles. The second-order valence-electron chi connectivity index (χ2n) is 4.70. The lowest BCUT2D eigenvalue weighted by molar-refractivity contribution is -0.133. The Morgan fingerprint density at radius 2 is 2.37 bits per heavy atom. The SMILES string of the molecule is CS(=O)(=O)NCC(=O)N1CCCCC1c1ccn[nH]1. The Morgan fingerprint density at radius 3 is 3.00 bits per heavy atom. The van der Waals surface area contributed by atoms with Gasteiger partial charge in [0.25, 0.3) is 0 Å². The van der Waals surface area contributed by atoms with E-state index in [1.807, 2.05) is 6.07 Å². The molecule has 1 aromatic heterocycles. The first-order chi connectivity index (χ1) is 8.97. The lowest BCUT2D eigenvalue weighted by atomic mass is 9.99. The van der Waals surface area contributed by atoms with Crippen molar-refractivity contribution in [2.45, 2.75) is 25.3 Å². The van der Waals surface area contributed by atoms with E-state index in [0.717, 1.165) is 31.2 Å². The van der Waals surface area contributed by atoms with E-state index in [0.29, 0.717) is 6.54 Å². The summed E-state index contributed by atoms with van der Waals surface area (Å²) in [5.74, 6) is -0.204. The van der Waals surface area contributed by atoms with Crippen molar-refractivity contribution in [3.05, 3.63) is 18.0 Å². The average Bonchev–Trinajstić information content (AvgIpc) is 2.89. The van der Waals surface area contributed by atoms with Crippen LogP contribution in [-0.2, 0) is 14.8 Å². The number of hydrogen-bond donors (Lipinski definition) is 2. The molecule has 1 unspecified atom stereocenters. The van der Waals surface area contributed by atoms with Crippen molar-refractivity contribution in [1.82, 2.24) is 19.8 Å². The minimum absolute atomic E-state index is 0.0369. The molecule has 0 bridgehead atoms. The summed E-state index contributed by atoms with van der Waals surface area (Å²) in [4.78, 5) is 13.8. The molecule has 19 heavy (non-hydrogen) atoms. The van der Waals surface area contributed by atoms with Crippen LogP contribution in [0.15, 0.2) is 12.3 Å². The van der Waals surface area contributed by atoms with E-state index in [2.05, 4.69) is 14.9 Å². The molecule has 1 amide bonds. The summed E-state index contributed by atoms with van der Waals surface area (Å²) >= 11 is 0. The van der Waals surface area contributed by atoms with E-state index in [-0.39, 0.29) is 18.5 Å². The highest BCUT2D eigenvalue weighted by Crippen LogP contribution is 2.29. The summed E-state index contributed by atoms with van der Waals surface area (Å²) in [6.07, 6.45) is 5.55. The molecule has 0 radical (unpaired) electrons. The fraction of sp³-hybridized carbons (Fsp3) is 0.636. The van der Waals surface area contributed by atoms with Crippen LogP contribution in [0.4, 0.5) is 0 Å². The van der Waals surface area contributed by atoms with E-state index < -0.39 is 10.0 Å². The molecule has 1 saturated heterocycles. The Hall–Kier alpha value is -1.41. The lowest BCUT2D eigenvalue weighted by Gasteiger charge is -2.35. The molecule has 1 atom stereocenters. The highest BCUT2D eigenvalue weighted by Gasteiger charge is 2.28. The molecule has 0 spiro atoms. The number of H-pyrrole nitrogens is 1. The van der Waals surface area contributed by atoms with Gasteiger partial charge in [-0.05, 0) is 25.3 Å². The fourth-order valence-electron chi connectivity index (χ4n) is 2.30. The van der Waals surface area contributed by atoms with E-state index in [1.54, 1.807) is 11.1 Å². The number of carbonyl (C=O) groups is 1. The summed E-state index contributed by atoms with van der Waals surface area (Å²) in [6, 6.07) is 1.81. The van der Waals surface area contributed by atoms with Gasteiger partial charge in [0.2, 0.25) is 15.9 Å².